The fourth-order valence-electron chi connectivity index (χ4n) is 2.08. The van der Waals surface area contributed by atoms with E-state index in [1.165, 1.54) is 6.33 Å². The monoisotopic (exact) mass is 269 g/mol. The molecule has 3 rings (SSSR count). The number of nitrogens with zero attached hydrogens (tertiary/aromatic N) is 4. The molecule has 6 nitrogen and oxygen atoms in total. The Morgan fingerprint density at radius 3 is 2.75 bits per heavy atom. The van der Waals surface area contributed by atoms with Gasteiger partial charge in [-0.1, -0.05) is 6.07 Å². The number of fused-ring (bicyclic) bond motifs is 1. The van der Waals surface area contributed by atoms with Crippen LogP contribution in [0.4, 0.5) is 5.69 Å². The molecule has 0 aliphatic heterocycles. The van der Waals surface area contributed by atoms with Crippen LogP contribution in [0.15, 0.2) is 24.7 Å². The van der Waals surface area contributed by atoms with E-state index >= 15 is 0 Å². The van der Waals surface area contributed by atoms with E-state index in [0.717, 1.165) is 22.2 Å². The van der Waals surface area contributed by atoms with Crippen molar-refractivity contribution in [1.29, 1.82) is 0 Å². The Morgan fingerprint density at radius 1 is 1.15 bits per heavy atom. The first-order valence-electron chi connectivity index (χ1n) is 6.23. The number of nitrogens with two attached hydrogens (primary N) is 1. The van der Waals surface area contributed by atoms with E-state index in [0.29, 0.717) is 17.3 Å². The first-order chi connectivity index (χ1) is 9.56. The van der Waals surface area contributed by atoms with Gasteiger partial charge < -0.3 is 10.5 Å². The van der Waals surface area contributed by atoms with Crippen molar-refractivity contribution in [1.82, 2.24) is 19.7 Å². The van der Waals surface area contributed by atoms with Gasteiger partial charge in [0.25, 0.3) is 0 Å². The fourth-order valence-corrected chi connectivity index (χ4v) is 2.08. The maximum atomic E-state index is 5.93. The predicted octanol–water partition coefficient (Wildman–Crippen LogP) is 2.35. The minimum absolute atomic E-state index is 0.481. The highest BCUT2D eigenvalue weighted by Gasteiger charge is 2.11. The van der Waals surface area contributed by atoms with E-state index in [9.17, 15) is 0 Å². The van der Waals surface area contributed by atoms with Gasteiger partial charge in [0.05, 0.1) is 6.20 Å². The average molecular weight is 269 g/mol. The molecule has 0 unspecified atom stereocenters. The summed E-state index contributed by atoms with van der Waals surface area (Å²) in [7, 11) is 1.83. The van der Waals surface area contributed by atoms with Crippen LogP contribution in [0.1, 0.15) is 11.1 Å². The highest BCUT2D eigenvalue weighted by atomic mass is 16.5. The van der Waals surface area contributed by atoms with E-state index in [-0.39, 0.29) is 0 Å². The number of hydrogen-bond acceptors (Lipinski definition) is 5. The number of benzene rings is 1. The van der Waals surface area contributed by atoms with Crippen LogP contribution in [0.25, 0.3) is 11.0 Å². The number of ether oxygens (including phenoxy) is 1. The first kappa shape index (κ1) is 12.4. The molecule has 1 aromatic carbocycles. The van der Waals surface area contributed by atoms with Gasteiger partial charge in [0.1, 0.15) is 17.5 Å². The second-order valence-corrected chi connectivity index (χ2v) is 4.76. The van der Waals surface area contributed by atoms with Crippen LogP contribution in [0.5, 0.6) is 11.6 Å². The molecule has 0 saturated heterocycles. The van der Waals surface area contributed by atoms with Crippen molar-refractivity contribution in [3.63, 3.8) is 0 Å². The highest BCUT2D eigenvalue weighted by molar-refractivity contribution is 5.80. The maximum Gasteiger partial charge on any atom is 0.233 e. The van der Waals surface area contributed by atoms with Crippen LogP contribution in [-0.4, -0.2) is 19.7 Å². The third-order valence-corrected chi connectivity index (χ3v) is 3.26. The largest absolute Gasteiger partial charge is 0.438 e. The summed E-state index contributed by atoms with van der Waals surface area (Å²) < 4.78 is 7.57. The van der Waals surface area contributed by atoms with Crippen molar-refractivity contribution >= 4 is 16.7 Å². The molecule has 2 N–H and O–H groups in total. The van der Waals surface area contributed by atoms with Crippen molar-refractivity contribution in [2.75, 3.05) is 5.73 Å². The van der Waals surface area contributed by atoms with Gasteiger partial charge in [-0.2, -0.15) is 5.10 Å². The summed E-state index contributed by atoms with van der Waals surface area (Å²) in [5.74, 6) is 1.17. The van der Waals surface area contributed by atoms with Crippen LogP contribution >= 0.6 is 0 Å². The number of aromatic nitrogens is 4. The third-order valence-electron chi connectivity index (χ3n) is 3.26. The lowest BCUT2D eigenvalue weighted by molar-refractivity contribution is 0.465. The molecule has 0 aliphatic carbocycles. The van der Waals surface area contributed by atoms with Gasteiger partial charge in [-0.3, -0.25) is 4.68 Å². The zero-order chi connectivity index (χ0) is 14.3. The summed E-state index contributed by atoms with van der Waals surface area (Å²) in [4.78, 5) is 8.36. The minimum Gasteiger partial charge on any atom is -0.438 e. The molecule has 0 amide bonds. The van der Waals surface area contributed by atoms with Gasteiger partial charge >= 0.3 is 0 Å². The molecule has 0 bridgehead atoms. The molecule has 0 saturated carbocycles. The SMILES string of the molecule is Cc1cc(C)c(Oc2ncnc3c2cnn3C)cc1N. The summed E-state index contributed by atoms with van der Waals surface area (Å²) in [6.07, 6.45) is 3.16. The lowest BCUT2D eigenvalue weighted by Crippen LogP contribution is -1.97. The standard InChI is InChI=1S/C14H15N5O/c1-8-4-9(2)12(5-11(8)15)20-14-10-6-18-19(3)13(10)16-7-17-14/h4-7H,15H2,1-3H3. The van der Waals surface area contributed by atoms with Crippen LogP contribution in [0, 0.1) is 13.8 Å². The molecule has 3 aromatic rings. The van der Waals surface area contributed by atoms with Crippen LogP contribution in [0.2, 0.25) is 0 Å². The molecular formula is C14H15N5O. The maximum absolute atomic E-state index is 5.93. The Bertz CT molecular complexity index is 794. The Morgan fingerprint density at radius 2 is 1.95 bits per heavy atom. The highest BCUT2D eigenvalue weighted by Crippen LogP contribution is 2.31. The van der Waals surface area contributed by atoms with Crippen LogP contribution < -0.4 is 10.5 Å². The van der Waals surface area contributed by atoms with E-state index in [1.54, 1.807) is 10.9 Å². The van der Waals surface area contributed by atoms with Gasteiger partial charge in [0.2, 0.25) is 5.88 Å². The third kappa shape index (κ3) is 1.95. The zero-order valence-corrected chi connectivity index (χ0v) is 11.6. The zero-order valence-electron chi connectivity index (χ0n) is 11.6. The molecule has 0 radical (unpaired) electrons. The van der Waals surface area contributed by atoms with Crippen LogP contribution in [0.3, 0.4) is 0 Å². The molecule has 0 atom stereocenters. The van der Waals surface area contributed by atoms with Crippen LogP contribution in [-0.2, 0) is 7.05 Å². The van der Waals surface area contributed by atoms with Crippen molar-refractivity contribution in [2.24, 2.45) is 7.05 Å². The Labute approximate surface area is 116 Å². The van der Waals surface area contributed by atoms with Crippen molar-refractivity contribution in [3.05, 3.63) is 35.8 Å². The molecule has 102 valence electrons. The lowest BCUT2D eigenvalue weighted by atomic mass is 10.1. The van der Waals surface area contributed by atoms with Gasteiger partial charge in [0, 0.05) is 18.8 Å². The summed E-state index contributed by atoms with van der Waals surface area (Å²) in [6.45, 7) is 3.94. The van der Waals surface area contributed by atoms with E-state index in [2.05, 4.69) is 15.1 Å². The molecule has 20 heavy (non-hydrogen) atoms. The normalized spacial score (nSPS) is 10.9. The smallest absolute Gasteiger partial charge is 0.233 e. The van der Waals surface area contributed by atoms with Crippen molar-refractivity contribution in [2.45, 2.75) is 13.8 Å². The Hall–Kier alpha value is -2.63. The number of anilines is 1. The van der Waals surface area contributed by atoms with Crippen molar-refractivity contribution in [3.8, 4) is 11.6 Å². The minimum atomic E-state index is 0.481. The molecular weight excluding hydrogens is 254 g/mol. The second-order valence-electron chi connectivity index (χ2n) is 4.76. The van der Waals surface area contributed by atoms with Gasteiger partial charge in [-0.25, -0.2) is 9.97 Å². The van der Waals surface area contributed by atoms with E-state index < -0.39 is 0 Å². The lowest BCUT2D eigenvalue weighted by Gasteiger charge is -2.10. The molecule has 2 heterocycles. The summed E-state index contributed by atoms with van der Waals surface area (Å²) in [6, 6.07) is 3.81. The van der Waals surface area contributed by atoms with Gasteiger partial charge in [-0.05, 0) is 25.0 Å². The molecule has 0 spiro atoms. The fraction of sp³-hybridized carbons (Fsp3) is 0.214. The van der Waals surface area contributed by atoms with E-state index in [4.69, 9.17) is 10.5 Å². The average Bonchev–Trinajstić information content (AvgIpc) is 2.79. The molecule has 0 fully saturated rings. The second kappa shape index (κ2) is 4.48. The first-order valence-corrected chi connectivity index (χ1v) is 6.23. The van der Waals surface area contributed by atoms with E-state index in [1.807, 2.05) is 33.0 Å². The number of nitrogen functional groups attached to an aromatic ring is 1. The predicted molar refractivity (Wildman–Crippen MR) is 76.7 cm³/mol. The Kier molecular flexibility index (Phi) is 2.78. The number of hydrogen-bond donors (Lipinski definition) is 1. The molecule has 6 heteroatoms. The Balaban J connectivity index is 2.08. The van der Waals surface area contributed by atoms with Gasteiger partial charge in [-0.15, -0.1) is 0 Å². The van der Waals surface area contributed by atoms with Crippen molar-refractivity contribution < 1.29 is 4.74 Å². The number of aryl methyl sites for hydroxylation is 3. The molecule has 2 aromatic heterocycles. The topological polar surface area (TPSA) is 78.9 Å². The summed E-state index contributed by atoms with van der Waals surface area (Å²) >= 11 is 0. The summed E-state index contributed by atoms with van der Waals surface area (Å²) in [5.41, 5.74) is 9.39. The van der Waals surface area contributed by atoms with Gasteiger partial charge in [0.15, 0.2) is 5.65 Å². The number of rotatable bonds is 2. The quantitative estimate of drug-likeness (QED) is 0.722. The summed E-state index contributed by atoms with van der Waals surface area (Å²) in [5, 5.41) is 4.93. The molecule has 0 aliphatic rings.